The van der Waals surface area contributed by atoms with Crippen LogP contribution in [0.2, 0.25) is 0 Å². The molecule has 0 aliphatic carbocycles. The molecule has 9 heteroatoms. The summed E-state index contributed by atoms with van der Waals surface area (Å²) in [5.74, 6) is -0.607. The molecule has 0 spiro atoms. The fourth-order valence-corrected chi connectivity index (χ4v) is 3.14. The summed E-state index contributed by atoms with van der Waals surface area (Å²) < 4.78 is 1.76. The van der Waals surface area contributed by atoms with E-state index >= 15 is 0 Å². The average Bonchev–Trinajstić information content (AvgIpc) is 3.02. The molecule has 2 atom stereocenters. The Morgan fingerprint density at radius 1 is 1.32 bits per heavy atom. The highest BCUT2D eigenvalue weighted by molar-refractivity contribution is 5.81. The van der Waals surface area contributed by atoms with Gasteiger partial charge in [-0.2, -0.15) is 0 Å². The van der Waals surface area contributed by atoms with E-state index in [4.69, 9.17) is 0 Å². The predicted molar refractivity (Wildman–Crippen MR) is 88.5 cm³/mol. The number of nitrogens with zero attached hydrogens (tertiary/aromatic N) is 5. The van der Waals surface area contributed by atoms with Crippen LogP contribution in [0.25, 0.3) is 0 Å². The maximum absolute atomic E-state index is 12.5. The van der Waals surface area contributed by atoms with Crippen LogP contribution in [0.4, 0.5) is 5.95 Å². The van der Waals surface area contributed by atoms with Crippen molar-refractivity contribution in [2.75, 3.05) is 18.4 Å². The molecule has 0 unspecified atom stereocenters. The highest BCUT2D eigenvalue weighted by Gasteiger charge is 2.42. The molecular formula is C16H20N6O3. The molecule has 1 fully saturated rings. The summed E-state index contributed by atoms with van der Waals surface area (Å²) in [5, 5.41) is 12.6. The number of imidazole rings is 1. The number of nitrogens with one attached hydrogen (secondary N) is 1. The minimum atomic E-state index is -0.912. The van der Waals surface area contributed by atoms with Crippen molar-refractivity contribution in [2.24, 2.45) is 13.0 Å². The van der Waals surface area contributed by atoms with Crippen molar-refractivity contribution in [3.63, 3.8) is 0 Å². The van der Waals surface area contributed by atoms with Gasteiger partial charge < -0.3 is 19.9 Å². The molecule has 1 saturated heterocycles. The van der Waals surface area contributed by atoms with Gasteiger partial charge in [0.2, 0.25) is 11.9 Å². The number of piperidine rings is 1. The second-order valence-corrected chi connectivity index (χ2v) is 5.91. The van der Waals surface area contributed by atoms with Gasteiger partial charge in [0.25, 0.3) is 0 Å². The number of aliphatic carboxylic acids is 1. The Morgan fingerprint density at radius 3 is 2.72 bits per heavy atom. The molecule has 1 aliphatic heterocycles. The lowest BCUT2D eigenvalue weighted by Gasteiger charge is -2.39. The third-order valence-electron chi connectivity index (χ3n) is 4.35. The summed E-state index contributed by atoms with van der Waals surface area (Å²) in [5.41, 5.74) is 0. The predicted octanol–water partition coefficient (Wildman–Crippen LogP) is 0.686. The van der Waals surface area contributed by atoms with Crippen molar-refractivity contribution in [3.05, 3.63) is 36.7 Å². The first-order valence-corrected chi connectivity index (χ1v) is 8.08. The number of rotatable bonds is 6. The highest BCUT2D eigenvalue weighted by atomic mass is 16.4. The molecule has 25 heavy (non-hydrogen) atoms. The quantitative estimate of drug-likeness (QED) is 0.792. The summed E-state index contributed by atoms with van der Waals surface area (Å²) >= 11 is 0. The number of aromatic nitrogens is 4. The molecular weight excluding hydrogens is 324 g/mol. The van der Waals surface area contributed by atoms with Gasteiger partial charge >= 0.3 is 5.97 Å². The maximum Gasteiger partial charge on any atom is 0.309 e. The molecule has 132 valence electrons. The van der Waals surface area contributed by atoms with Crippen LogP contribution in [0.5, 0.6) is 0 Å². The first-order chi connectivity index (χ1) is 12.1. The van der Waals surface area contributed by atoms with E-state index in [1.165, 1.54) is 0 Å². The van der Waals surface area contributed by atoms with E-state index in [2.05, 4.69) is 20.3 Å². The van der Waals surface area contributed by atoms with Crippen LogP contribution < -0.4 is 5.32 Å². The number of carboxylic acids is 1. The molecule has 0 aromatic carbocycles. The van der Waals surface area contributed by atoms with Crippen molar-refractivity contribution in [3.8, 4) is 0 Å². The molecule has 2 N–H and O–H groups in total. The summed E-state index contributed by atoms with van der Waals surface area (Å²) in [7, 11) is 1.80. The van der Waals surface area contributed by atoms with Crippen molar-refractivity contribution in [1.29, 1.82) is 0 Å². The van der Waals surface area contributed by atoms with Gasteiger partial charge in [0.05, 0.1) is 5.92 Å². The number of carboxylic acid groups (broad SMARTS) is 1. The van der Waals surface area contributed by atoms with Crippen LogP contribution in [-0.2, 0) is 16.6 Å². The summed E-state index contributed by atoms with van der Waals surface area (Å²) in [6.07, 6.45) is 7.15. The highest BCUT2D eigenvalue weighted by Crippen LogP contribution is 2.35. The minimum absolute atomic E-state index is 0.0683. The van der Waals surface area contributed by atoms with Crippen LogP contribution >= 0.6 is 0 Å². The van der Waals surface area contributed by atoms with E-state index in [1.807, 2.05) is 0 Å². The number of carbonyl (C=O) groups is 2. The van der Waals surface area contributed by atoms with Crippen molar-refractivity contribution in [1.82, 2.24) is 24.4 Å². The SMILES string of the molecule is Cn1ccnc1[C@@H]1[C@@H](C(=O)O)CCC(=O)N1CCNc1ncccn1. The molecule has 9 nitrogen and oxygen atoms in total. The van der Waals surface area contributed by atoms with Gasteiger partial charge in [-0.25, -0.2) is 15.0 Å². The molecule has 2 aromatic rings. The van der Waals surface area contributed by atoms with Gasteiger partial charge in [0.15, 0.2) is 0 Å². The van der Waals surface area contributed by atoms with Crippen LogP contribution in [0.1, 0.15) is 24.7 Å². The minimum Gasteiger partial charge on any atom is -0.481 e. The Balaban J connectivity index is 1.78. The van der Waals surface area contributed by atoms with Gasteiger partial charge in [-0.1, -0.05) is 0 Å². The lowest BCUT2D eigenvalue weighted by molar-refractivity contribution is -0.152. The average molecular weight is 344 g/mol. The van der Waals surface area contributed by atoms with E-state index < -0.39 is 17.9 Å². The monoisotopic (exact) mass is 344 g/mol. The fourth-order valence-electron chi connectivity index (χ4n) is 3.14. The second kappa shape index (κ2) is 7.29. The number of aryl methyl sites for hydroxylation is 1. The third kappa shape index (κ3) is 3.59. The van der Waals surface area contributed by atoms with E-state index in [0.29, 0.717) is 31.3 Å². The van der Waals surface area contributed by atoms with Crippen molar-refractivity contribution < 1.29 is 14.7 Å². The molecule has 2 aromatic heterocycles. The normalized spacial score (nSPS) is 20.5. The molecule has 0 saturated carbocycles. The Kier molecular flexibility index (Phi) is 4.92. The zero-order chi connectivity index (χ0) is 17.8. The molecule has 0 bridgehead atoms. The number of carbonyl (C=O) groups excluding carboxylic acids is 1. The lowest BCUT2D eigenvalue weighted by atomic mass is 9.88. The van der Waals surface area contributed by atoms with E-state index in [9.17, 15) is 14.7 Å². The Labute approximate surface area is 144 Å². The Bertz CT molecular complexity index is 747. The largest absolute Gasteiger partial charge is 0.481 e. The molecule has 3 heterocycles. The first-order valence-electron chi connectivity index (χ1n) is 8.08. The number of hydrogen-bond acceptors (Lipinski definition) is 6. The molecule has 0 radical (unpaired) electrons. The summed E-state index contributed by atoms with van der Waals surface area (Å²) in [6, 6.07) is 1.13. The standard InChI is InChI=1S/C16H20N6O3/c1-21-9-7-17-14(21)13-11(15(24)25)3-4-12(23)22(13)10-8-20-16-18-5-2-6-19-16/h2,5-7,9,11,13H,3-4,8,10H2,1H3,(H,24,25)(H,18,19,20)/t11-,13-/m0/s1. The Hall–Kier alpha value is -2.97. The third-order valence-corrected chi connectivity index (χ3v) is 4.35. The molecule has 3 rings (SSSR count). The van der Waals surface area contributed by atoms with Crippen LogP contribution in [-0.4, -0.2) is 54.5 Å². The van der Waals surface area contributed by atoms with E-state index in [0.717, 1.165) is 0 Å². The summed E-state index contributed by atoms with van der Waals surface area (Å²) in [6.45, 7) is 0.765. The smallest absolute Gasteiger partial charge is 0.309 e. The van der Waals surface area contributed by atoms with Gasteiger partial charge in [-0.15, -0.1) is 0 Å². The van der Waals surface area contributed by atoms with Gasteiger partial charge in [-0.3, -0.25) is 9.59 Å². The van der Waals surface area contributed by atoms with E-state index in [-0.39, 0.29) is 12.3 Å². The lowest BCUT2D eigenvalue weighted by Crippen LogP contribution is -2.47. The zero-order valence-corrected chi connectivity index (χ0v) is 13.9. The zero-order valence-electron chi connectivity index (χ0n) is 13.9. The topological polar surface area (TPSA) is 113 Å². The van der Waals surface area contributed by atoms with Crippen LogP contribution in [0, 0.1) is 5.92 Å². The number of amides is 1. The first kappa shape index (κ1) is 16.9. The van der Waals surface area contributed by atoms with Crippen molar-refractivity contribution >= 4 is 17.8 Å². The number of hydrogen-bond donors (Lipinski definition) is 2. The molecule has 1 aliphatic rings. The Morgan fingerprint density at radius 2 is 2.08 bits per heavy atom. The number of anilines is 1. The van der Waals surface area contributed by atoms with Gasteiger partial charge in [-0.05, 0) is 12.5 Å². The van der Waals surface area contributed by atoms with Gasteiger partial charge in [0.1, 0.15) is 11.9 Å². The van der Waals surface area contributed by atoms with E-state index in [1.54, 1.807) is 47.4 Å². The van der Waals surface area contributed by atoms with Crippen LogP contribution in [0.15, 0.2) is 30.9 Å². The van der Waals surface area contributed by atoms with Gasteiger partial charge in [0, 0.05) is 51.3 Å². The molecule has 1 amide bonds. The van der Waals surface area contributed by atoms with Crippen LogP contribution in [0.3, 0.4) is 0 Å². The second-order valence-electron chi connectivity index (χ2n) is 5.91. The van der Waals surface area contributed by atoms with Crippen molar-refractivity contribution in [2.45, 2.75) is 18.9 Å². The summed E-state index contributed by atoms with van der Waals surface area (Å²) in [4.78, 5) is 38.2. The number of likely N-dealkylation sites (tertiary alicyclic amines) is 1. The maximum atomic E-state index is 12.5. The fraction of sp³-hybridized carbons (Fsp3) is 0.438.